The summed E-state index contributed by atoms with van der Waals surface area (Å²) in [5.41, 5.74) is 2.75. The maximum Gasteiger partial charge on any atom is 0.153 e. The first-order valence-corrected chi connectivity index (χ1v) is 4.83. The maximum absolute atomic E-state index is 10.6. The number of aromatic nitrogens is 2. The molecule has 0 saturated carbocycles. The van der Waals surface area contributed by atoms with E-state index in [0.29, 0.717) is 12.1 Å². The average molecular weight is 200 g/mol. The molecule has 0 N–H and O–H groups in total. The van der Waals surface area contributed by atoms with E-state index in [4.69, 9.17) is 0 Å². The molecule has 0 amide bonds. The van der Waals surface area contributed by atoms with Crippen LogP contribution in [0.5, 0.6) is 0 Å². The standard InChI is InChI=1S/C12H12N2O/c1-10-12(9-15)7-13-14(10)8-11-5-3-2-4-6-11/h2-7,9H,8H2,1H3. The highest BCUT2D eigenvalue weighted by Gasteiger charge is 2.04. The molecule has 3 nitrogen and oxygen atoms in total. The van der Waals surface area contributed by atoms with Gasteiger partial charge in [0.05, 0.1) is 18.3 Å². The van der Waals surface area contributed by atoms with Gasteiger partial charge in [0.1, 0.15) is 0 Å². The van der Waals surface area contributed by atoms with Crippen molar-refractivity contribution in [1.29, 1.82) is 0 Å². The second-order valence-electron chi connectivity index (χ2n) is 3.45. The van der Waals surface area contributed by atoms with Crippen molar-refractivity contribution in [2.24, 2.45) is 0 Å². The third kappa shape index (κ3) is 1.96. The van der Waals surface area contributed by atoms with Crippen LogP contribution >= 0.6 is 0 Å². The van der Waals surface area contributed by atoms with Crippen molar-refractivity contribution in [3.8, 4) is 0 Å². The van der Waals surface area contributed by atoms with E-state index >= 15 is 0 Å². The Hall–Kier alpha value is -1.90. The van der Waals surface area contributed by atoms with Gasteiger partial charge in [0.25, 0.3) is 0 Å². The van der Waals surface area contributed by atoms with E-state index in [0.717, 1.165) is 12.0 Å². The number of carbonyl (C=O) groups is 1. The first-order valence-electron chi connectivity index (χ1n) is 4.83. The van der Waals surface area contributed by atoms with Gasteiger partial charge in [-0.15, -0.1) is 0 Å². The molecule has 0 radical (unpaired) electrons. The highest BCUT2D eigenvalue weighted by atomic mass is 16.1. The van der Waals surface area contributed by atoms with Gasteiger partial charge < -0.3 is 0 Å². The third-order valence-electron chi connectivity index (χ3n) is 2.44. The molecule has 15 heavy (non-hydrogen) atoms. The van der Waals surface area contributed by atoms with Gasteiger partial charge in [-0.3, -0.25) is 9.48 Å². The molecule has 1 aromatic carbocycles. The molecule has 0 aliphatic carbocycles. The zero-order chi connectivity index (χ0) is 10.7. The number of rotatable bonds is 3. The smallest absolute Gasteiger partial charge is 0.153 e. The van der Waals surface area contributed by atoms with E-state index in [1.54, 1.807) is 6.20 Å². The van der Waals surface area contributed by atoms with Crippen LogP contribution in [0.4, 0.5) is 0 Å². The molecule has 0 saturated heterocycles. The van der Waals surface area contributed by atoms with Crippen molar-refractivity contribution in [2.45, 2.75) is 13.5 Å². The van der Waals surface area contributed by atoms with Crippen LogP contribution < -0.4 is 0 Å². The van der Waals surface area contributed by atoms with Crippen LogP contribution in [-0.4, -0.2) is 16.1 Å². The van der Waals surface area contributed by atoms with Crippen LogP contribution in [0, 0.1) is 6.92 Å². The molecule has 1 aromatic heterocycles. The molecule has 0 aliphatic rings. The van der Waals surface area contributed by atoms with Gasteiger partial charge in [0, 0.05) is 5.69 Å². The molecule has 0 bridgehead atoms. The number of aldehydes is 1. The Bertz CT molecular complexity index is 460. The minimum absolute atomic E-state index is 0.658. The minimum atomic E-state index is 0.658. The van der Waals surface area contributed by atoms with E-state index in [9.17, 15) is 4.79 Å². The number of benzene rings is 1. The monoisotopic (exact) mass is 200 g/mol. The van der Waals surface area contributed by atoms with Gasteiger partial charge in [-0.1, -0.05) is 30.3 Å². The largest absolute Gasteiger partial charge is 0.298 e. The molecular formula is C12H12N2O. The summed E-state index contributed by atoms with van der Waals surface area (Å²) in [6.45, 7) is 2.61. The number of hydrogen-bond acceptors (Lipinski definition) is 2. The van der Waals surface area contributed by atoms with Crippen molar-refractivity contribution < 1.29 is 4.79 Å². The lowest BCUT2D eigenvalue weighted by Gasteiger charge is -2.04. The lowest BCUT2D eigenvalue weighted by Crippen LogP contribution is -2.03. The first-order chi connectivity index (χ1) is 7.31. The highest BCUT2D eigenvalue weighted by Crippen LogP contribution is 2.07. The van der Waals surface area contributed by atoms with Gasteiger partial charge >= 0.3 is 0 Å². The van der Waals surface area contributed by atoms with Crippen LogP contribution in [0.15, 0.2) is 36.5 Å². The minimum Gasteiger partial charge on any atom is -0.298 e. The van der Waals surface area contributed by atoms with Crippen molar-refractivity contribution in [3.63, 3.8) is 0 Å². The molecule has 2 aromatic rings. The lowest BCUT2D eigenvalue weighted by atomic mass is 10.2. The summed E-state index contributed by atoms with van der Waals surface area (Å²) in [4.78, 5) is 10.6. The topological polar surface area (TPSA) is 34.9 Å². The molecule has 2 rings (SSSR count). The van der Waals surface area contributed by atoms with E-state index in [1.807, 2.05) is 41.9 Å². The van der Waals surface area contributed by atoms with Crippen molar-refractivity contribution in [1.82, 2.24) is 9.78 Å². The second-order valence-corrected chi connectivity index (χ2v) is 3.45. The molecule has 3 heteroatoms. The Morgan fingerprint density at radius 2 is 2.07 bits per heavy atom. The van der Waals surface area contributed by atoms with E-state index in [1.165, 1.54) is 5.56 Å². The van der Waals surface area contributed by atoms with Gasteiger partial charge in [-0.05, 0) is 12.5 Å². The average Bonchev–Trinajstić information content (AvgIpc) is 2.62. The van der Waals surface area contributed by atoms with Crippen molar-refractivity contribution in [3.05, 3.63) is 53.3 Å². The Balaban J connectivity index is 2.25. The third-order valence-corrected chi connectivity index (χ3v) is 2.44. The van der Waals surface area contributed by atoms with Crippen molar-refractivity contribution in [2.75, 3.05) is 0 Å². The summed E-state index contributed by atoms with van der Waals surface area (Å²) in [6, 6.07) is 10.1. The summed E-state index contributed by atoms with van der Waals surface area (Å²) < 4.78 is 1.83. The Morgan fingerprint density at radius 1 is 1.33 bits per heavy atom. The van der Waals surface area contributed by atoms with Gasteiger partial charge in [-0.25, -0.2) is 0 Å². The van der Waals surface area contributed by atoms with Gasteiger partial charge in [-0.2, -0.15) is 5.10 Å². The Morgan fingerprint density at radius 3 is 2.67 bits per heavy atom. The highest BCUT2D eigenvalue weighted by molar-refractivity contribution is 5.75. The summed E-state index contributed by atoms with van der Waals surface area (Å²) >= 11 is 0. The van der Waals surface area contributed by atoms with Crippen LogP contribution in [0.2, 0.25) is 0 Å². The van der Waals surface area contributed by atoms with E-state index in [-0.39, 0.29) is 0 Å². The zero-order valence-electron chi connectivity index (χ0n) is 8.55. The number of nitrogens with zero attached hydrogens (tertiary/aromatic N) is 2. The molecule has 0 aliphatic heterocycles. The second kappa shape index (κ2) is 4.09. The Kier molecular flexibility index (Phi) is 2.63. The fourth-order valence-corrected chi connectivity index (χ4v) is 1.49. The van der Waals surface area contributed by atoms with Crippen LogP contribution in [-0.2, 0) is 6.54 Å². The Labute approximate surface area is 88.4 Å². The van der Waals surface area contributed by atoms with Crippen LogP contribution in [0.3, 0.4) is 0 Å². The normalized spacial score (nSPS) is 10.2. The fourth-order valence-electron chi connectivity index (χ4n) is 1.49. The molecular weight excluding hydrogens is 188 g/mol. The summed E-state index contributed by atoms with van der Waals surface area (Å²) in [5, 5.41) is 4.17. The molecule has 0 unspecified atom stereocenters. The predicted molar refractivity (Wildman–Crippen MR) is 57.9 cm³/mol. The zero-order valence-corrected chi connectivity index (χ0v) is 8.55. The van der Waals surface area contributed by atoms with Crippen LogP contribution in [0.1, 0.15) is 21.6 Å². The van der Waals surface area contributed by atoms with E-state index in [2.05, 4.69) is 5.10 Å². The van der Waals surface area contributed by atoms with Gasteiger partial charge in [0.15, 0.2) is 6.29 Å². The molecule has 0 fully saturated rings. The number of hydrogen-bond donors (Lipinski definition) is 0. The number of carbonyl (C=O) groups excluding carboxylic acids is 1. The quantitative estimate of drug-likeness (QED) is 0.711. The summed E-state index contributed by atoms with van der Waals surface area (Å²) in [6.07, 6.45) is 2.44. The molecule has 0 spiro atoms. The van der Waals surface area contributed by atoms with E-state index < -0.39 is 0 Å². The lowest BCUT2D eigenvalue weighted by molar-refractivity contribution is 0.112. The maximum atomic E-state index is 10.6. The predicted octanol–water partition coefficient (Wildman–Crippen LogP) is 2.05. The molecule has 0 atom stereocenters. The fraction of sp³-hybridized carbons (Fsp3) is 0.167. The SMILES string of the molecule is Cc1c(C=O)cnn1Cc1ccccc1. The first kappa shape index (κ1) is 9.65. The van der Waals surface area contributed by atoms with Crippen LogP contribution in [0.25, 0.3) is 0 Å². The summed E-state index contributed by atoms with van der Waals surface area (Å²) in [7, 11) is 0. The molecule has 1 heterocycles. The summed E-state index contributed by atoms with van der Waals surface area (Å²) in [5.74, 6) is 0. The molecule has 76 valence electrons. The van der Waals surface area contributed by atoms with Crippen molar-refractivity contribution >= 4 is 6.29 Å². The van der Waals surface area contributed by atoms with Gasteiger partial charge in [0.2, 0.25) is 0 Å².